The summed E-state index contributed by atoms with van der Waals surface area (Å²) in [6.45, 7) is 9.51. The van der Waals surface area contributed by atoms with Crippen molar-refractivity contribution in [3.63, 3.8) is 0 Å². The van der Waals surface area contributed by atoms with E-state index in [1.807, 2.05) is 24.6 Å². The van der Waals surface area contributed by atoms with Gasteiger partial charge in [0.15, 0.2) is 11.8 Å². The van der Waals surface area contributed by atoms with Gasteiger partial charge in [-0.05, 0) is 51.2 Å². The Labute approximate surface area is 173 Å². The van der Waals surface area contributed by atoms with Gasteiger partial charge in [0.1, 0.15) is 11.6 Å². The minimum absolute atomic E-state index is 0.329. The molecule has 7 heteroatoms. The molecule has 1 aliphatic carbocycles. The highest BCUT2D eigenvalue weighted by Crippen LogP contribution is 2.28. The van der Waals surface area contributed by atoms with Crippen LogP contribution in [0.2, 0.25) is 0 Å². The summed E-state index contributed by atoms with van der Waals surface area (Å²) in [5, 5.41) is 14.9. The normalized spacial score (nSPS) is 14.8. The molecule has 0 aliphatic heterocycles. The van der Waals surface area contributed by atoms with Gasteiger partial charge in [-0.15, -0.1) is 16.8 Å². The van der Waals surface area contributed by atoms with Crippen molar-refractivity contribution in [2.75, 3.05) is 6.54 Å². The van der Waals surface area contributed by atoms with Crippen molar-refractivity contribution >= 4 is 5.96 Å². The molecule has 0 radical (unpaired) electrons. The monoisotopic (exact) mass is 396 g/mol. The Morgan fingerprint density at radius 1 is 1.28 bits per heavy atom. The lowest BCUT2D eigenvalue weighted by atomic mass is 10.1. The molecule has 1 aromatic carbocycles. The van der Waals surface area contributed by atoms with Crippen molar-refractivity contribution in [2.24, 2.45) is 12.0 Å². The molecule has 0 spiro atoms. The molecule has 0 unspecified atom stereocenters. The minimum Gasteiger partial charge on any atom is -0.490 e. The molecule has 156 valence electrons. The van der Waals surface area contributed by atoms with Crippen molar-refractivity contribution in [1.82, 2.24) is 25.4 Å². The highest BCUT2D eigenvalue weighted by atomic mass is 16.5. The molecule has 0 bridgehead atoms. The van der Waals surface area contributed by atoms with Crippen molar-refractivity contribution in [2.45, 2.75) is 58.7 Å². The summed E-state index contributed by atoms with van der Waals surface area (Å²) in [5.74, 6) is 3.40. The van der Waals surface area contributed by atoms with E-state index in [2.05, 4.69) is 52.5 Å². The molecule has 7 nitrogen and oxygen atoms in total. The lowest BCUT2D eigenvalue weighted by molar-refractivity contribution is 0.208. The van der Waals surface area contributed by atoms with E-state index in [1.54, 1.807) is 0 Å². The highest BCUT2D eigenvalue weighted by Gasteiger charge is 2.18. The average Bonchev–Trinajstić information content (AvgIpc) is 3.33. The Bertz CT molecular complexity index is 851. The van der Waals surface area contributed by atoms with Gasteiger partial charge in [-0.1, -0.05) is 18.2 Å². The zero-order chi connectivity index (χ0) is 20.6. The van der Waals surface area contributed by atoms with Crippen molar-refractivity contribution in [1.29, 1.82) is 0 Å². The second kappa shape index (κ2) is 10.1. The molecule has 29 heavy (non-hydrogen) atoms. The number of ether oxygens (including phenoxy) is 1. The Hall–Kier alpha value is -2.83. The Morgan fingerprint density at radius 2 is 2.07 bits per heavy atom. The summed E-state index contributed by atoms with van der Waals surface area (Å²) in [5.41, 5.74) is 2.29. The number of aromatic nitrogens is 3. The number of hydrogen-bond donors (Lipinski definition) is 2. The first kappa shape index (κ1) is 20.9. The molecule has 0 atom stereocenters. The molecule has 1 aliphatic rings. The summed E-state index contributed by atoms with van der Waals surface area (Å²) in [6.07, 6.45) is 6.93. The topological polar surface area (TPSA) is 76.4 Å². The maximum absolute atomic E-state index is 6.30. The largest absolute Gasteiger partial charge is 0.490 e. The van der Waals surface area contributed by atoms with Crippen molar-refractivity contribution < 1.29 is 4.74 Å². The van der Waals surface area contributed by atoms with E-state index in [0.717, 1.165) is 35.8 Å². The van der Waals surface area contributed by atoms with Crippen LogP contribution in [0.4, 0.5) is 0 Å². The standard InChI is InChI=1S/C22H32N6O/c1-5-12-23-22(25-15-21-27-26-17(3)28(21)4)24-14-18-11-10-16(2)13-20(18)29-19-8-6-7-9-19/h5,10-11,13,19H,1,6-9,12,14-15H2,2-4H3,(H2,23,24,25). The number of nitrogens with zero attached hydrogens (tertiary/aromatic N) is 4. The smallest absolute Gasteiger partial charge is 0.192 e. The lowest BCUT2D eigenvalue weighted by Gasteiger charge is -2.17. The van der Waals surface area contributed by atoms with Crippen LogP contribution in [0.5, 0.6) is 5.75 Å². The van der Waals surface area contributed by atoms with Crippen LogP contribution in [0, 0.1) is 13.8 Å². The van der Waals surface area contributed by atoms with E-state index in [4.69, 9.17) is 9.73 Å². The van der Waals surface area contributed by atoms with Gasteiger partial charge in [0, 0.05) is 19.2 Å². The zero-order valence-electron chi connectivity index (χ0n) is 17.7. The zero-order valence-corrected chi connectivity index (χ0v) is 17.7. The predicted octanol–water partition coefficient (Wildman–Crippen LogP) is 3.17. The highest BCUT2D eigenvalue weighted by molar-refractivity contribution is 5.79. The number of guanidine groups is 1. The van der Waals surface area contributed by atoms with Crippen LogP contribution in [0.15, 0.2) is 35.8 Å². The van der Waals surface area contributed by atoms with E-state index in [1.165, 1.54) is 18.4 Å². The number of hydrogen-bond acceptors (Lipinski definition) is 4. The number of nitrogens with one attached hydrogen (secondary N) is 2. The molecule has 2 N–H and O–H groups in total. The third kappa shape index (κ3) is 5.82. The third-order valence-electron chi connectivity index (χ3n) is 5.24. The van der Waals surface area contributed by atoms with Crippen LogP contribution in [0.25, 0.3) is 0 Å². The molecule has 0 amide bonds. The maximum atomic E-state index is 6.30. The molecule has 1 aromatic heterocycles. The van der Waals surface area contributed by atoms with Crippen LogP contribution < -0.4 is 15.4 Å². The predicted molar refractivity (Wildman–Crippen MR) is 116 cm³/mol. The van der Waals surface area contributed by atoms with Crippen LogP contribution in [-0.2, 0) is 20.1 Å². The Kier molecular flexibility index (Phi) is 7.27. The summed E-state index contributed by atoms with van der Waals surface area (Å²) in [4.78, 5) is 4.76. The first-order valence-corrected chi connectivity index (χ1v) is 10.3. The SMILES string of the molecule is C=CCNC(=NCc1ccc(C)cc1OC1CCCC1)NCc1nnc(C)n1C. The Morgan fingerprint density at radius 3 is 2.76 bits per heavy atom. The molecule has 2 aromatic rings. The van der Waals surface area contributed by atoms with E-state index >= 15 is 0 Å². The van der Waals surface area contributed by atoms with Crippen LogP contribution in [-0.4, -0.2) is 33.4 Å². The average molecular weight is 397 g/mol. The number of aliphatic imine (C=N–C) groups is 1. The maximum Gasteiger partial charge on any atom is 0.192 e. The van der Waals surface area contributed by atoms with Gasteiger partial charge in [-0.2, -0.15) is 0 Å². The van der Waals surface area contributed by atoms with Gasteiger partial charge in [-0.3, -0.25) is 0 Å². The molecule has 1 fully saturated rings. The van der Waals surface area contributed by atoms with Crippen LogP contribution in [0.1, 0.15) is 48.5 Å². The van der Waals surface area contributed by atoms with Gasteiger partial charge in [0.25, 0.3) is 0 Å². The fourth-order valence-electron chi connectivity index (χ4n) is 3.36. The molecular formula is C22H32N6O. The quantitative estimate of drug-likeness (QED) is 0.407. The Balaban J connectivity index is 1.70. The third-order valence-corrected chi connectivity index (χ3v) is 5.24. The van der Waals surface area contributed by atoms with E-state index in [-0.39, 0.29) is 0 Å². The van der Waals surface area contributed by atoms with Gasteiger partial charge in [0.05, 0.1) is 19.2 Å². The summed E-state index contributed by atoms with van der Waals surface area (Å²) < 4.78 is 8.26. The molecule has 0 saturated heterocycles. The van der Waals surface area contributed by atoms with Gasteiger partial charge >= 0.3 is 0 Å². The summed E-state index contributed by atoms with van der Waals surface area (Å²) in [7, 11) is 1.96. The van der Waals surface area contributed by atoms with Crippen LogP contribution >= 0.6 is 0 Å². The van der Waals surface area contributed by atoms with Crippen LogP contribution in [0.3, 0.4) is 0 Å². The van der Waals surface area contributed by atoms with Gasteiger partial charge < -0.3 is 19.9 Å². The first-order valence-electron chi connectivity index (χ1n) is 10.3. The number of rotatable bonds is 8. The van der Waals surface area contributed by atoms with E-state index < -0.39 is 0 Å². The van der Waals surface area contributed by atoms with E-state index in [9.17, 15) is 0 Å². The number of aryl methyl sites for hydroxylation is 2. The van der Waals surface area contributed by atoms with E-state index in [0.29, 0.717) is 31.7 Å². The molecule has 3 rings (SSSR count). The summed E-state index contributed by atoms with van der Waals surface area (Å²) in [6, 6.07) is 6.34. The fourth-order valence-corrected chi connectivity index (χ4v) is 3.36. The molecule has 1 heterocycles. The minimum atomic E-state index is 0.329. The fraction of sp³-hybridized carbons (Fsp3) is 0.500. The number of benzene rings is 1. The lowest BCUT2D eigenvalue weighted by Crippen LogP contribution is -2.37. The molecular weight excluding hydrogens is 364 g/mol. The molecule has 1 saturated carbocycles. The second-order valence-electron chi connectivity index (χ2n) is 7.55. The van der Waals surface area contributed by atoms with Crippen molar-refractivity contribution in [3.05, 3.63) is 53.6 Å². The van der Waals surface area contributed by atoms with Gasteiger partial charge in [-0.25, -0.2) is 4.99 Å². The summed E-state index contributed by atoms with van der Waals surface area (Å²) >= 11 is 0. The first-order chi connectivity index (χ1) is 14.1. The second-order valence-corrected chi connectivity index (χ2v) is 7.55. The van der Waals surface area contributed by atoms with Crippen molar-refractivity contribution in [3.8, 4) is 5.75 Å². The van der Waals surface area contributed by atoms with Gasteiger partial charge in [0.2, 0.25) is 0 Å².